The summed E-state index contributed by atoms with van der Waals surface area (Å²) in [5, 5.41) is 10.1. The predicted octanol–water partition coefficient (Wildman–Crippen LogP) is 2.21. The molecule has 0 aliphatic heterocycles. The molecule has 3 unspecified atom stereocenters. The molecule has 2 nitrogen and oxygen atoms in total. The van der Waals surface area contributed by atoms with Crippen molar-refractivity contribution in [3.8, 4) is 0 Å². The van der Waals surface area contributed by atoms with Gasteiger partial charge < -0.3 is 9.84 Å². The van der Waals surface area contributed by atoms with Crippen molar-refractivity contribution in [2.75, 3.05) is 7.11 Å². The predicted molar refractivity (Wildman–Crippen MR) is 51.2 cm³/mol. The first-order chi connectivity index (χ1) is 5.46. The van der Waals surface area contributed by atoms with Crippen LogP contribution in [0.4, 0.5) is 0 Å². The molecule has 1 N–H and O–H groups in total. The summed E-state index contributed by atoms with van der Waals surface area (Å²) in [7, 11) is 1.64. The van der Waals surface area contributed by atoms with Crippen LogP contribution >= 0.6 is 0 Å². The van der Waals surface area contributed by atoms with Crippen LogP contribution in [0.1, 0.15) is 40.5 Å². The zero-order valence-corrected chi connectivity index (χ0v) is 8.92. The van der Waals surface area contributed by atoms with Gasteiger partial charge in [0.1, 0.15) is 0 Å². The van der Waals surface area contributed by atoms with Crippen LogP contribution in [-0.2, 0) is 4.74 Å². The lowest BCUT2D eigenvalue weighted by atomic mass is 9.83. The fraction of sp³-hybridized carbons (Fsp3) is 1.00. The summed E-state index contributed by atoms with van der Waals surface area (Å²) in [6, 6.07) is 0. The van der Waals surface area contributed by atoms with E-state index in [1.165, 1.54) is 0 Å². The molecule has 0 fully saturated rings. The van der Waals surface area contributed by atoms with Gasteiger partial charge in [0.05, 0.1) is 11.7 Å². The van der Waals surface area contributed by atoms with Gasteiger partial charge in [0.25, 0.3) is 0 Å². The highest BCUT2D eigenvalue weighted by atomic mass is 16.5. The molecular weight excluding hydrogens is 152 g/mol. The Labute approximate surface area is 75.9 Å². The minimum atomic E-state index is -0.704. The van der Waals surface area contributed by atoms with Crippen LogP contribution in [0.2, 0.25) is 0 Å². The SMILES string of the molecule is CCCC(C)C(C)(O)C(C)OC. The van der Waals surface area contributed by atoms with E-state index in [0.29, 0.717) is 0 Å². The average Bonchev–Trinajstić information content (AvgIpc) is 2.03. The van der Waals surface area contributed by atoms with Crippen molar-refractivity contribution >= 4 is 0 Å². The van der Waals surface area contributed by atoms with Gasteiger partial charge in [-0.15, -0.1) is 0 Å². The summed E-state index contributed by atoms with van der Waals surface area (Å²) in [6.45, 7) is 7.96. The molecule has 0 spiro atoms. The van der Waals surface area contributed by atoms with E-state index in [9.17, 15) is 5.11 Å². The molecular formula is C10H22O2. The highest BCUT2D eigenvalue weighted by molar-refractivity contribution is 4.84. The minimum absolute atomic E-state index is 0.0981. The summed E-state index contributed by atoms with van der Waals surface area (Å²) in [5.74, 6) is 0.289. The van der Waals surface area contributed by atoms with Gasteiger partial charge in [-0.1, -0.05) is 20.3 Å². The molecule has 0 saturated heterocycles. The molecule has 0 aromatic heterocycles. The van der Waals surface area contributed by atoms with E-state index in [2.05, 4.69) is 13.8 Å². The lowest BCUT2D eigenvalue weighted by Crippen LogP contribution is -2.44. The third-order valence-electron chi connectivity index (χ3n) is 2.90. The second kappa shape index (κ2) is 4.83. The molecule has 0 aromatic rings. The molecule has 0 aliphatic rings. The average molecular weight is 174 g/mol. The first-order valence-electron chi connectivity index (χ1n) is 4.71. The fourth-order valence-corrected chi connectivity index (χ4v) is 1.36. The maximum atomic E-state index is 10.1. The van der Waals surface area contributed by atoms with Crippen molar-refractivity contribution in [3.05, 3.63) is 0 Å². The van der Waals surface area contributed by atoms with Crippen LogP contribution in [0.15, 0.2) is 0 Å². The number of rotatable bonds is 5. The third kappa shape index (κ3) is 2.76. The normalized spacial score (nSPS) is 21.5. The summed E-state index contributed by atoms with van der Waals surface area (Å²) >= 11 is 0. The maximum absolute atomic E-state index is 10.1. The zero-order valence-electron chi connectivity index (χ0n) is 8.92. The van der Waals surface area contributed by atoms with E-state index in [4.69, 9.17) is 4.74 Å². The summed E-state index contributed by atoms with van der Waals surface area (Å²) in [6.07, 6.45) is 2.05. The monoisotopic (exact) mass is 174 g/mol. The zero-order chi connectivity index (χ0) is 9.78. The van der Waals surface area contributed by atoms with Crippen molar-refractivity contribution in [3.63, 3.8) is 0 Å². The maximum Gasteiger partial charge on any atom is 0.0902 e. The van der Waals surface area contributed by atoms with Gasteiger partial charge in [0.2, 0.25) is 0 Å². The Kier molecular flexibility index (Phi) is 4.80. The van der Waals surface area contributed by atoms with Gasteiger partial charge in [0, 0.05) is 7.11 Å². The Bertz CT molecular complexity index is 121. The Morgan fingerprint density at radius 1 is 1.42 bits per heavy atom. The topological polar surface area (TPSA) is 29.5 Å². The van der Waals surface area contributed by atoms with Crippen LogP contribution in [-0.4, -0.2) is 23.9 Å². The van der Waals surface area contributed by atoms with Gasteiger partial charge in [-0.2, -0.15) is 0 Å². The minimum Gasteiger partial charge on any atom is -0.387 e. The first-order valence-corrected chi connectivity index (χ1v) is 4.71. The van der Waals surface area contributed by atoms with Gasteiger partial charge in [0.15, 0.2) is 0 Å². The molecule has 0 saturated carbocycles. The van der Waals surface area contributed by atoms with Crippen LogP contribution in [0.25, 0.3) is 0 Å². The largest absolute Gasteiger partial charge is 0.387 e. The molecule has 0 aliphatic carbocycles. The lowest BCUT2D eigenvalue weighted by molar-refractivity contribution is -0.106. The molecule has 3 atom stereocenters. The molecule has 0 radical (unpaired) electrons. The molecule has 0 aromatic carbocycles. The lowest BCUT2D eigenvalue weighted by Gasteiger charge is -2.35. The molecule has 12 heavy (non-hydrogen) atoms. The molecule has 0 heterocycles. The Morgan fingerprint density at radius 3 is 2.25 bits per heavy atom. The quantitative estimate of drug-likeness (QED) is 0.692. The van der Waals surface area contributed by atoms with E-state index in [1.807, 2.05) is 13.8 Å². The molecule has 2 heteroatoms. The number of ether oxygens (including phenoxy) is 1. The smallest absolute Gasteiger partial charge is 0.0902 e. The Balaban J connectivity index is 4.16. The van der Waals surface area contributed by atoms with Crippen molar-refractivity contribution in [2.45, 2.75) is 52.2 Å². The van der Waals surface area contributed by atoms with Crippen molar-refractivity contribution in [1.82, 2.24) is 0 Å². The van der Waals surface area contributed by atoms with Crippen LogP contribution in [0, 0.1) is 5.92 Å². The van der Waals surface area contributed by atoms with E-state index in [0.717, 1.165) is 12.8 Å². The molecule has 74 valence electrons. The molecule has 0 rings (SSSR count). The van der Waals surface area contributed by atoms with E-state index < -0.39 is 5.60 Å². The van der Waals surface area contributed by atoms with Gasteiger partial charge >= 0.3 is 0 Å². The highest BCUT2D eigenvalue weighted by Crippen LogP contribution is 2.26. The van der Waals surface area contributed by atoms with Crippen LogP contribution in [0.3, 0.4) is 0 Å². The highest BCUT2D eigenvalue weighted by Gasteiger charge is 2.33. The van der Waals surface area contributed by atoms with Gasteiger partial charge in [-0.3, -0.25) is 0 Å². The summed E-state index contributed by atoms with van der Waals surface area (Å²) in [5.41, 5.74) is -0.704. The summed E-state index contributed by atoms with van der Waals surface area (Å²) in [4.78, 5) is 0. The second-order valence-corrected chi connectivity index (χ2v) is 3.79. The van der Waals surface area contributed by atoms with Gasteiger partial charge in [-0.05, 0) is 26.2 Å². The number of aliphatic hydroxyl groups is 1. The number of hydrogen-bond acceptors (Lipinski definition) is 2. The Hall–Kier alpha value is -0.0800. The van der Waals surface area contributed by atoms with Crippen molar-refractivity contribution < 1.29 is 9.84 Å². The standard InChI is InChI=1S/C10H22O2/c1-6-7-8(2)10(4,11)9(3)12-5/h8-9,11H,6-7H2,1-5H3. The second-order valence-electron chi connectivity index (χ2n) is 3.79. The fourth-order valence-electron chi connectivity index (χ4n) is 1.36. The van der Waals surface area contributed by atoms with Crippen molar-refractivity contribution in [2.24, 2.45) is 5.92 Å². The molecule has 0 amide bonds. The van der Waals surface area contributed by atoms with E-state index in [1.54, 1.807) is 7.11 Å². The van der Waals surface area contributed by atoms with Crippen LogP contribution < -0.4 is 0 Å². The van der Waals surface area contributed by atoms with E-state index in [-0.39, 0.29) is 12.0 Å². The van der Waals surface area contributed by atoms with Gasteiger partial charge in [-0.25, -0.2) is 0 Å². The van der Waals surface area contributed by atoms with Crippen molar-refractivity contribution in [1.29, 1.82) is 0 Å². The first kappa shape index (κ1) is 11.9. The van der Waals surface area contributed by atoms with Crippen LogP contribution in [0.5, 0.6) is 0 Å². The molecule has 0 bridgehead atoms. The summed E-state index contributed by atoms with van der Waals surface area (Å²) < 4.78 is 5.13. The third-order valence-corrected chi connectivity index (χ3v) is 2.90. The number of hydrogen-bond donors (Lipinski definition) is 1. The number of methoxy groups -OCH3 is 1. The Morgan fingerprint density at radius 2 is 1.92 bits per heavy atom. The van der Waals surface area contributed by atoms with E-state index >= 15 is 0 Å².